The molecular weight excluding hydrogens is 313 g/mol. The molecule has 1 amide bonds. The van der Waals surface area contributed by atoms with Gasteiger partial charge >= 0.3 is 0 Å². The van der Waals surface area contributed by atoms with Crippen molar-refractivity contribution in [3.63, 3.8) is 0 Å². The molecule has 1 atom stereocenters. The molecule has 0 fully saturated rings. The predicted molar refractivity (Wildman–Crippen MR) is 104 cm³/mol. The van der Waals surface area contributed by atoms with Crippen LogP contribution >= 0.6 is 7.26 Å². The fraction of sp³-hybridized carbons (Fsp3) is 0.0952. The van der Waals surface area contributed by atoms with Gasteiger partial charge in [0.1, 0.15) is 23.2 Å². The maximum Gasteiger partial charge on any atom is 0.221 e. The van der Waals surface area contributed by atoms with Crippen LogP contribution in [-0.4, -0.2) is 12.1 Å². The molecule has 0 bridgehead atoms. The average molecular weight is 335 g/mol. The van der Waals surface area contributed by atoms with E-state index in [9.17, 15) is 4.79 Å². The molecule has 2 N–H and O–H groups in total. The maximum absolute atomic E-state index is 11.7. The van der Waals surface area contributed by atoms with Gasteiger partial charge in [0.25, 0.3) is 0 Å². The molecule has 120 valence electrons. The summed E-state index contributed by atoms with van der Waals surface area (Å²) in [7, 11) is -2.15. The Morgan fingerprint density at radius 3 is 1.38 bits per heavy atom. The van der Waals surface area contributed by atoms with Gasteiger partial charge in [-0.05, 0) is 36.4 Å². The number of carbonyl (C=O) groups is 1. The van der Waals surface area contributed by atoms with E-state index in [1.165, 1.54) is 0 Å². The number of nitrogens with two attached hydrogens (primary N) is 1. The quantitative estimate of drug-likeness (QED) is 0.692. The second kappa shape index (κ2) is 7.42. The first kappa shape index (κ1) is 15.1. The van der Waals surface area contributed by atoms with Crippen LogP contribution in [0.15, 0.2) is 91.0 Å². The number of hydrogen-bond donors (Lipinski definition) is 1. The highest BCUT2D eigenvalue weighted by molar-refractivity contribution is 7.95. The Balaban J connectivity index is 2.29. The van der Waals surface area contributed by atoms with E-state index >= 15 is 0 Å². The van der Waals surface area contributed by atoms with Gasteiger partial charge in [-0.1, -0.05) is 54.6 Å². The number of primary amides is 1. The zero-order valence-corrected chi connectivity index (χ0v) is 14.3. The minimum Gasteiger partial charge on any atom is -0.370 e. The van der Waals surface area contributed by atoms with Crippen molar-refractivity contribution in [3.8, 4) is 0 Å². The van der Waals surface area contributed by atoms with E-state index in [0.717, 1.165) is 15.9 Å². The fourth-order valence-corrected chi connectivity index (χ4v) is 7.06. The van der Waals surface area contributed by atoms with Gasteiger partial charge in [-0.25, -0.2) is 0 Å². The zero-order chi connectivity index (χ0) is 17.7. The molecule has 1 unspecified atom stereocenters. The first-order valence-corrected chi connectivity index (χ1v) is 9.88. The van der Waals surface area contributed by atoms with E-state index in [4.69, 9.17) is 7.10 Å². The van der Waals surface area contributed by atoms with Gasteiger partial charge in [-0.2, -0.15) is 0 Å². The van der Waals surface area contributed by atoms with Crippen molar-refractivity contribution >= 4 is 29.1 Å². The first-order valence-electron chi connectivity index (χ1n) is 8.49. The third kappa shape index (κ3) is 3.25. The Morgan fingerprint density at radius 2 is 1.08 bits per heavy atom. The molecular formula is C21H21NOP+. The van der Waals surface area contributed by atoms with Gasteiger partial charge in [-0.3, -0.25) is 4.79 Å². The Labute approximate surface area is 145 Å². The number of rotatable bonds is 6. The van der Waals surface area contributed by atoms with E-state index in [2.05, 4.69) is 36.4 Å². The van der Waals surface area contributed by atoms with Gasteiger partial charge in [-0.15, -0.1) is 0 Å². The molecule has 3 heteroatoms. The fourth-order valence-electron chi connectivity index (χ4n) is 3.04. The largest absolute Gasteiger partial charge is 0.370 e. The first-order chi connectivity index (χ1) is 12.1. The third-order valence-electron chi connectivity index (χ3n) is 4.16. The van der Waals surface area contributed by atoms with Crippen LogP contribution in [0.2, 0.25) is 0 Å². The summed E-state index contributed by atoms with van der Waals surface area (Å²) in [6.45, 7) is 0. The lowest BCUT2D eigenvalue weighted by Crippen LogP contribution is -2.34. The lowest BCUT2D eigenvalue weighted by molar-refractivity contribution is -0.117. The van der Waals surface area contributed by atoms with Crippen molar-refractivity contribution in [1.29, 1.82) is 0 Å². The number of amides is 1. The van der Waals surface area contributed by atoms with E-state index < -0.39 is 19.6 Å². The lowest BCUT2D eigenvalue weighted by Gasteiger charge is -2.27. The van der Waals surface area contributed by atoms with Crippen molar-refractivity contribution < 1.29 is 6.17 Å². The molecule has 0 aliphatic rings. The highest BCUT2D eigenvalue weighted by Gasteiger charge is 2.44. The summed E-state index contributed by atoms with van der Waals surface area (Å²) < 4.78 is 8.28. The Hall–Kier alpha value is -2.44. The summed E-state index contributed by atoms with van der Waals surface area (Å²) in [5, 5.41) is 3.47. The van der Waals surface area contributed by atoms with Crippen LogP contribution in [0.5, 0.6) is 0 Å². The van der Waals surface area contributed by atoms with Crippen molar-refractivity contribution in [2.75, 3.05) is 6.16 Å². The monoisotopic (exact) mass is 335 g/mol. The molecule has 0 saturated carbocycles. The molecule has 3 aromatic rings. The molecule has 0 spiro atoms. The standard InChI is InChI=1S/C21H20NOP/c22-21(23)16-17-24(18-10-4-1-5-11-18,19-12-6-2-7-13-19)20-14-8-3-9-15-20/h1-15H,16-17H2,(H-,22,23)/p+1/i16D. The maximum atomic E-state index is 11.7. The highest BCUT2D eigenvalue weighted by Crippen LogP contribution is 2.55. The summed E-state index contributed by atoms with van der Waals surface area (Å²) in [4.78, 5) is 11.7. The molecule has 3 aromatic carbocycles. The van der Waals surface area contributed by atoms with Crippen LogP contribution in [0.3, 0.4) is 0 Å². The molecule has 24 heavy (non-hydrogen) atoms. The molecule has 0 heterocycles. The van der Waals surface area contributed by atoms with Crippen LogP contribution in [-0.2, 0) is 4.79 Å². The molecule has 0 aromatic heterocycles. The van der Waals surface area contributed by atoms with Crippen LogP contribution < -0.4 is 21.6 Å². The van der Waals surface area contributed by atoms with E-state index in [-0.39, 0.29) is 0 Å². The topological polar surface area (TPSA) is 43.1 Å². The summed E-state index contributed by atoms with van der Waals surface area (Å²) >= 11 is 0. The van der Waals surface area contributed by atoms with Crippen LogP contribution in [0.25, 0.3) is 0 Å². The minimum absolute atomic E-state index is 0.403. The van der Waals surface area contributed by atoms with Gasteiger partial charge < -0.3 is 5.73 Å². The highest BCUT2D eigenvalue weighted by atomic mass is 31.2. The smallest absolute Gasteiger partial charge is 0.221 e. The molecule has 0 saturated heterocycles. The normalized spacial score (nSPS) is 13.1. The molecule has 3 rings (SSSR count). The average Bonchev–Trinajstić information content (AvgIpc) is 2.68. The van der Waals surface area contributed by atoms with E-state index in [1.54, 1.807) is 0 Å². The number of carbonyl (C=O) groups excluding carboxylic acids is 1. The van der Waals surface area contributed by atoms with Crippen LogP contribution in [0.1, 0.15) is 7.77 Å². The van der Waals surface area contributed by atoms with Gasteiger partial charge in [0, 0.05) is 1.37 Å². The van der Waals surface area contributed by atoms with E-state index in [1.807, 2.05) is 54.6 Å². The SMILES string of the molecule is [2H]C(C[P+](c1ccccc1)(c1ccccc1)c1ccccc1)C(N)=O. The van der Waals surface area contributed by atoms with Gasteiger partial charge in [0.05, 0.1) is 12.6 Å². The number of benzene rings is 3. The van der Waals surface area contributed by atoms with Crippen molar-refractivity contribution in [2.45, 2.75) is 6.40 Å². The molecule has 0 aliphatic heterocycles. The molecule has 0 radical (unpaired) electrons. The van der Waals surface area contributed by atoms with Crippen LogP contribution in [0.4, 0.5) is 0 Å². The summed E-state index contributed by atoms with van der Waals surface area (Å²) in [6, 6.07) is 30.6. The summed E-state index contributed by atoms with van der Waals surface area (Å²) in [5.74, 6) is -0.577. The Morgan fingerprint density at radius 1 is 0.750 bits per heavy atom. The second-order valence-electron chi connectivity index (χ2n) is 5.61. The van der Waals surface area contributed by atoms with Gasteiger partial charge in [0.2, 0.25) is 5.91 Å². The minimum atomic E-state index is -2.15. The molecule has 2 nitrogen and oxygen atoms in total. The van der Waals surface area contributed by atoms with Crippen molar-refractivity contribution in [1.82, 2.24) is 0 Å². The summed E-state index contributed by atoms with van der Waals surface area (Å²) in [6.07, 6.45) is -0.547. The van der Waals surface area contributed by atoms with Gasteiger partial charge in [0.15, 0.2) is 0 Å². The number of hydrogen-bond acceptors (Lipinski definition) is 1. The predicted octanol–water partition coefficient (Wildman–Crippen LogP) is 2.86. The lowest BCUT2D eigenvalue weighted by atomic mass is 10.3. The third-order valence-corrected chi connectivity index (χ3v) is 8.43. The summed E-state index contributed by atoms with van der Waals surface area (Å²) in [5.41, 5.74) is 5.47. The van der Waals surface area contributed by atoms with E-state index in [0.29, 0.717) is 6.16 Å². The zero-order valence-electron chi connectivity index (χ0n) is 14.4. The Kier molecular flexibility index (Phi) is 4.67. The second-order valence-corrected chi connectivity index (χ2v) is 9.14. The molecule has 0 aliphatic carbocycles. The van der Waals surface area contributed by atoms with Crippen molar-refractivity contribution in [3.05, 3.63) is 91.0 Å². The van der Waals surface area contributed by atoms with Crippen molar-refractivity contribution in [2.24, 2.45) is 5.73 Å². The Bertz CT molecular complexity index is 728. The van der Waals surface area contributed by atoms with Crippen LogP contribution in [0, 0.1) is 0 Å².